The highest BCUT2D eigenvalue weighted by Gasteiger charge is 2.19. The van der Waals surface area contributed by atoms with Gasteiger partial charge in [-0.2, -0.15) is 0 Å². The van der Waals surface area contributed by atoms with E-state index in [0.717, 1.165) is 116 Å². The van der Waals surface area contributed by atoms with E-state index in [1.807, 2.05) is 0 Å². The molecule has 0 aromatic carbocycles. The fraction of sp³-hybridized carbons (Fsp3) is 0.764. The van der Waals surface area contributed by atoms with Crippen LogP contribution in [0.4, 0.5) is 0 Å². The highest BCUT2D eigenvalue weighted by Crippen LogP contribution is 2.15. The van der Waals surface area contributed by atoms with E-state index < -0.39 is 6.10 Å². The molecule has 1 unspecified atom stereocenters. The van der Waals surface area contributed by atoms with Crippen molar-refractivity contribution >= 4 is 17.9 Å². The zero-order chi connectivity index (χ0) is 44.4. The van der Waals surface area contributed by atoms with Crippen LogP contribution in [0.2, 0.25) is 0 Å². The van der Waals surface area contributed by atoms with Crippen LogP contribution in [0.3, 0.4) is 0 Å². The summed E-state index contributed by atoms with van der Waals surface area (Å²) in [7, 11) is 0. The Hall–Kier alpha value is -2.89. The first-order valence-electron chi connectivity index (χ1n) is 25.8. The summed E-state index contributed by atoms with van der Waals surface area (Å²) < 4.78 is 16.8. The average molecular weight is 853 g/mol. The molecule has 0 fully saturated rings. The van der Waals surface area contributed by atoms with Crippen LogP contribution in [0.15, 0.2) is 60.8 Å². The first kappa shape index (κ1) is 58.1. The molecular formula is C55H96O6. The van der Waals surface area contributed by atoms with Crippen molar-refractivity contribution in [2.45, 2.75) is 258 Å². The first-order valence-corrected chi connectivity index (χ1v) is 25.8. The molecule has 1 atom stereocenters. The van der Waals surface area contributed by atoms with E-state index in [2.05, 4.69) is 81.5 Å². The van der Waals surface area contributed by atoms with Gasteiger partial charge in [-0.25, -0.2) is 0 Å². The molecule has 0 spiro atoms. The Morgan fingerprint density at radius 1 is 0.344 bits per heavy atom. The minimum Gasteiger partial charge on any atom is -0.462 e. The molecule has 0 saturated carbocycles. The summed E-state index contributed by atoms with van der Waals surface area (Å²) in [6.45, 7) is 6.48. The fourth-order valence-corrected chi connectivity index (χ4v) is 7.13. The average Bonchev–Trinajstić information content (AvgIpc) is 3.26. The first-order chi connectivity index (χ1) is 30.0. The molecule has 0 aliphatic rings. The zero-order valence-corrected chi connectivity index (χ0v) is 40.2. The number of carbonyl (C=O) groups excluding carboxylic acids is 3. The third kappa shape index (κ3) is 48.0. The molecule has 6 heteroatoms. The lowest BCUT2D eigenvalue weighted by Crippen LogP contribution is -2.30. The Bertz CT molecular complexity index is 1120. The molecule has 0 aromatic heterocycles. The number of hydrogen-bond acceptors (Lipinski definition) is 6. The largest absolute Gasteiger partial charge is 0.462 e. The summed E-state index contributed by atoms with van der Waals surface area (Å²) in [6.07, 6.45) is 60.5. The van der Waals surface area contributed by atoms with Gasteiger partial charge in [0, 0.05) is 19.3 Å². The number of allylic oxidation sites excluding steroid dienone is 10. The molecule has 0 rings (SSSR count). The van der Waals surface area contributed by atoms with Crippen molar-refractivity contribution in [3.63, 3.8) is 0 Å². The second-order valence-corrected chi connectivity index (χ2v) is 17.1. The van der Waals surface area contributed by atoms with Gasteiger partial charge in [0.1, 0.15) is 13.2 Å². The van der Waals surface area contributed by atoms with Crippen LogP contribution < -0.4 is 0 Å². The van der Waals surface area contributed by atoms with Crippen molar-refractivity contribution in [3.8, 4) is 0 Å². The second-order valence-electron chi connectivity index (χ2n) is 17.1. The standard InChI is InChI=1S/C55H96O6/c1-4-7-10-13-16-19-22-25-27-30-32-35-38-41-44-47-53(56)59-50-52(61-55(58)49-46-43-40-37-34-29-24-21-18-15-12-9-6-3)51-60-54(57)48-45-42-39-36-33-31-28-26-23-20-17-14-11-8-5-2/h7,10,16-17,19-20,25-28,52H,4-6,8-9,11-15,18,21-24,29-51H2,1-3H3/b10-7-,19-16-,20-17-,27-25-,28-26-. The Morgan fingerprint density at radius 3 is 1.03 bits per heavy atom. The maximum atomic E-state index is 12.8. The molecule has 0 aromatic rings. The quantitative estimate of drug-likeness (QED) is 0.0263. The Labute approximate surface area is 377 Å². The summed E-state index contributed by atoms with van der Waals surface area (Å²) in [5, 5.41) is 0. The minimum absolute atomic E-state index is 0.0856. The molecule has 0 bridgehead atoms. The molecule has 352 valence electrons. The van der Waals surface area contributed by atoms with Crippen molar-refractivity contribution in [1.82, 2.24) is 0 Å². The van der Waals surface area contributed by atoms with Gasteiger partial charge in [0.25, 0.3) is 0 Å². The van der Waals surface area contributed by atoms with Crippen LogP contribution in [-0.2, 0) is 28.6 Å². The highest BCUT2D eigenvalue weighted by molar-refractivity contribution is 5.71. The normalized spacial score (nSPS) is 12.5. The predicted octanol–water partition coefficient (Wildman–Crippen LogP) is 16.9. The minimum atomic E-state index is -0.784. The number of esters is 3. The van der Waals surface area contributed by atoms with Gasteiger partial charge < -0.3 is 14.2 Å². The van der Waals surface area contributed by atoms with Gasteiger partial charge in [0.15, 0.2) is 6.10 Å². The van der Waals surface area contributed by atoms with Gasteiger partial charge in [-0.3, -0.25) is 14.4 Å². The number of carbonyl (C=O) groups is 3. The summed E-state index contributed by atoms with van der Waals surface area (Å²) in [5.74, 6) is -0.910. The molecule has 0 radical (unpaired) electrons. The summed E-state index contributed by atoms with van der Waals surface area (Å²) in [6, 6.07) is 0. The molecule has 0 heterocycles. The Morgan fingerprint density at radius 2 is 0.639 bits per heavy atom. The smallest absolute Gasteiger partial charge is 0.306 e. The van der Waals surface area contributed by atoms with Crippen LogP contribution in [0, 0.1) is 0 Å². The summed E-state index contributed by atoms with van der Waals surface area (Å²) >= 11 is 0. The van der Waals surface area contributed by atoms with Crippen LogP contribution in [0.5, 0.6) is 0 Å². The molecular weight excluding hydrogens is 757 g/mol. The Balaban J connectivity index is 4.41. The zero-order valence-electron chi connectivity index (χ0n) is 40.2. The number of hydrogen-bond donors (Lipinski definition) is 0. The number of ether oxygens (including phenoxy) is 3. The van der Waals surface area contributed by atoms with Crippen molar-refractivity contribution < 1.29 is 28.6 Å². The van der Waals surface area contributed by atoms with Crippen LogP contribution in [-0.4, -0.2) is 37.2 Å². The van der Waals surface area contributed by atoms with E-state index in [4.69, 9.17) is 14.2 Å². The van der Waals surface area contributed by atoms with E-state index in [0.29, 0.717) is 19.3 Å². The van der Waals surface area contributed by atoms with E-state index >= 15 is 0 Å². The SMILES string of the molecule is CC/C=C\C/C=C\C/C=C\CCCCCCCC(=O)OCC(COC(=O)CCCCCCC/C=C\C/C=C\CCCCC)OC(=O)CCCCCCCCCCCCCCC. The number of unbranched alkanes of at least 4 members (excludes halogenated alkanes) is 25. The van der Waals surface area contributed by atoms with Crippen molar-refractivity contribution in [2.24, 2.45) is 0 Å². The maximum Gasteiger partial charge on any atom is 0.306 e. The van der Waals surface area contributed by atoms with Gasteiger partial charge in [-0.1, -0.05) is 210 Å². The molecule has 0 saturated heterocycles. The molecule has 61 heavy (non-hydrogen) atoms. The van der Waals surface area contributed by atoms with Crippen molar-refractivity contribution in [2.75, 3.05) is 13.2 Å². The lowest BCUT2D eigenvalue weighted by molar-refractivity contribution is -0.167. The maximum absolute atomic E-state index is 12.8. The van der Waals surface area contributed by atoms with E-state index in [1.54, 1.807) is 0 Å². The molecule has 0 aliphatic carbocycles. The van der Waals surface area contributed by atoms with Crippen LogP contribution >= 0.6 is 0 Å². The summed E-state index contributed by atoms with van der Waals surface area (Å²) in [5.41, 5.74) is 0. The predicted molar refractivity (Wildman–Crippen MR) is 261 cm³/mol. The van der Waals surface area contributed by atoms with Gasteiger partial charge in [-0.15, -0.1) is 0 Å². The molecule has 6 nitrogen and oxygen atoms in total. The van der Waals surface area contributed by atoms with Crippen LogP contribution in [0.1, 0.15) is 252 Å². The molecule has 0 amide bonds. The number of rotatable bonds is 46. The topological polar surface area (TPSA) is 78.9 Å². The van der Waals surface area contributed by atoms with Crippen molar-refractivity contribution in [3.05, 3.63) is 60.8 Å². The van der Waals surface area contributed by atoms with E-state index in [1.165, 1.54) is 96.3 Å². The van der Waals surface area contributed by atoms with E-state index in [9.17, 15) is 14.4 Å². The van der Waals surface area contributed by atoms with Gasteiger partial charge in [0.2, 0.25) is 0 Å². The Kier molecular flexibility index (Phi) is 47.4. The third-order valence-electron chi connectivity index (χ3n) is 11.0. The van der Waals surface area contributed by atoms with Gasteiger partial charge >= 0.3 is 17.9 Å². The fourth-order valence-electron chi connectivity index (χ4n) is 7.13. The van der Waals surface area contributed by atoms with Gasteiger partial charge in [-0.05, 0) is 83.5 Å². The lowest BCUT2D eigenvalue weighted by Gasteiger charge is -2.18. The van der Waals surface area contributed by atoms with Crippen LogP contribution in [0.25, 0.3) is 0 Å². The van der Waals surface area contributed by atoms with Crippen molar-refractivity contribution in [1.29, 1.82) is 0 Å². The highest BCUT2D eigenvalue weighted by atomic mass is 16.6. The van der Waals surface area contributed by atoms with Gasteiger partial charge in [0.05, 0.1) is 0 Å². The molecule has 0 aliphatic heterocycles. The molecule has 0 N–H and O–H groups in total. The third-order valence-corrected chi connectivity index (χ3v) is 11.0. The monoisotopic (exact) mass is 853 g/mol. The summed E-state index contributed by atoms with van der Waals surface area (Å²) in [4.78, 5) is 38.0. The van der Waals surface area contributed by atoms with E-state index in [-0.39, 0.29) is 31.1 Å². The lowest BCUT2D eigenvalue weighted by atomic mass is 10.0. The second kappa shape index (κ2) is 49.8.